The number of carbonyl (C=O) groups is 2. The van der Waals surface area contributed by atoms with Crippen LogP contribution in [0.3, 0.4) is 0 Å². The van der Waals surface area contributed by atoms with Crippen molar-refractivity contribution in [2.75, 3.05) is 23.3 Å². The van der Waals surface area contributed by atoms with Gasteiger partial charge in [-0.1, -0.05) is 19.1 Å². The Hall–Kier alpha value is -2.04. The second-order valence-electron chi connectivity index (χ2n) is 5.64. The molecular formula is C15H21N3O2. The van der Waals surface area contributed by atoms with Gasteiger partial charge < -0.3 is 10.6 Å². The van der Waals surface area contributed by atoms with Gasteiger partial charge in [0.15, 0.2) is 0 Å². The molecule has 0 bridgehead atoms. The molecule has 0 radical (unpaired) electrons. The summed E-state index contributed by atoms with van der Waals surface area (Å²) in [6.07, 6.45) is 0.838. The Balaban J connectivity index is 2.13. The van der Waals surface area contributed by atoms with Gasteiger partial charge in [0.2, 0.25) is 11.8 Å². The summed E-state index contributed by atoms with van der Waals surface area (Å²) in [7, 11) is 0. The standard InChI is InChI=1S/C15H21N3O2/c1-4-15(2,3)17-13(19)10-18-12-8-6-5-7-11(12)16-9-14(18)20/h5-8,16H,4,9-10H2,1-3H3,(H,17,19). The van der Waals surface area contributed by atoms with Crippen molar-refractivity contribution in [3.05, 3.63) is 24.3 Å². The van der Waals surface area contributed by atoms with E-state index < -0.39 is 0 Å². The first-order valence-electron chi connectivity index (χ1n) is 6.87. The highest BCUT2D eigenvalue weighted by atomic mass is 16.2. The number of hydrogen-bond donors (Lipinski definition) is 2. The lowest BCUT2D eigenvalue weighted by Crippen LogP contribution is -2.50. The Bertz CT molecular complexity index is 526. The SMILES string of the molecule is CCC(C)(C)NC(=O)CN1C(=O)CNc2ccccc21. The van der Waals surface area contributed by atoms with Crippen LogP contribution in [0.4, 0.5) is 11.4 Å². The summed E-state index contributed by atoms with van der Waals surface area (Å²) in [4.78, 5) is 25.7. The van der Waals surface area contributed by atoms with Gasteiger partial charge in [-0.25, -0.2) is 0 Å². The van der Waals surface area contributed by atoms with Crippen LogP contribution in [-0.2, 0) is 9.59 Å². The maximum atomic E-state index is 12.1. The molecule has 0 aliphatic carbocycles. The van der Waals surface area contributed by atoms with Crippen LogP contribution >= 0.6 is 0 Å². The van der Waals surface area contributed by atoms with Gasteiger partial charge in [0.05, 0.1) is 17.9 Å². The fourth-order valence-electron chi connectivity index (χ4n) is 2.08. The predicted octanol–water partition coefficient (Wildman–Crippen LogP) is 1.75. The van der Waals surface area contributed by atoms with Crippen LogP contribution in [0.2, 0.25) is 0 Å². The maximum Gasteiger partial charge on any atom is 0.246 e. The second kappa shape index (κ2) is 5.53. The third-order valence-electron chi connectivity index (χ3n) is 3.59. The van der Waals surface area contributed by atoms with Crippen LogP contribution in [0.1, 0.15) is 27.2 Å². The van der Waals surface area contributed by atoms with E-state index >= 15 is 0 Å². The lowest BCUT2D eigenvalue weighted by Gasteiger charge is -2.31. The zero-order valence-electron chi connectivity index (χ0n) is 12.2. The molecule has 1 aromatic carbocycles. The van der Waals surface area contributed by atoms with Gasteiger partial charge in [-0.3, -0.25) is 14.5 Å². The molecule has 5 nitrogen and oxygen atoms in total. The molecule has 0 fully saturated rings. The van der Waals surface area contributed by atoms with Crippen molar-refractivity contribution in [2.45, 2.75) is 32.7 Å². The van der Waals surface area contributed by atoms with E-state index in [-0.39, 0.29) is 30.4 Å². The molecule has 0 spiro atoms. The summed E-state index contributed by atoms with van der Waals surface area (Å²) in [5, 5.41) is 6.00. The molecule has 20 heavy (non-hydrogen) atoms. The number of hydrogen-bond acceptors (Lipinski definition) is 3. The molecule has 1 aliphatic heterocycles. The number of nitrogens with zero attached hydrogens (tertiary/aromatic N) is 1. The van der Waals surface area contributed by atoms with Crippen molar-refractivity contribution in [3.63, 3.8) is 0 Å². The number of amides is 2. The van der Waals surface area contributed by atoms with Gasteiger partial charge in [0, 0.05) is 5.54 Å². The van der Waals surface area contributed by atoms with E-state index in [9.17, 15) is 9.59 Å². The first-order valence-corrected chi connectivity index (χ1v) is 6.87. The van der Waals surface area contributed by atoms with Crippen LogP contribution in [0.15, 0.2) is 24.3 Å². The minimum atomic E-state index is -0.256. The molecule has 2 amide bonds. The highest BCUT2D eigenvalue weighted by Gasteiger charge is 2.27. The number of fused-ring (bicyclic) bond motifs is 1. The zero-order chi connectivity index (χ0) is 14.8. The third-order valence-corrected chi connectivity index (χ3v) is 3.59. The average molecular weight is 275 g/mol. The molecule has 1 heterocycles. The topological polar surface area (TPSA) is 61.4 Å². The molecule has 2 N–H and O–H groups in total. The number of para-hydroxylation sites is 2. The highest BCUT2D eigenvalue weighted by Crippen LogP contribution is 2.28. The van der Waals surface area contributed by atoms with Crippen molar-refractivity contribution in [3.8, 4) is 0 Å². The van der Waals surface area contributed by atoms with Crippen LogP contribution < -0.4 is 15.5 Å². The molecule has 0 unspecified atom stereocenters. The largest absolute Gasteiger partial charge is 0.374 e. The lowest BCUT2D eigenvalue weighted by molar-refractivity contribution is -0.124. The summed E-state index contributed by atoms with van der Waals surface area (Å²) < 4.78 is 0. The molecule has 0 atom stereocenters. The van der Waals surface area contributed by atoms with Crippen molar-refractivity contribution in [1.82, 2.24) is 5.32 Å². The first-order chi connectivity index (χ1) is 9.43. The minimum absolute atomic E-state index is 0.0565. The van der Waals surface area contributed by atoms with E-state index in [2.05, 4.69) is 10.6 Å². The number of anilines is 2. The van der Waals surface area contributed by atoms with Gasteiger partial charge >= 0.3 is 0 Å². The van der Waals surface area contributed by atoms with Crippen LogP contribution in [0.25, 0.3) is 0 Å². The first kappa shape index (κ1) is 14.4. The Morgan fingerprint density at radius 1 is 1.40 bits per heavy atom. The van der Waals surface area contributed by atoms with E-state index in [4.69, 9.17) is 0 Å². The predicted molar refractivity (Wildman–Crippen MR) is 79.8 cm³/mol. The Morgan fingerprint density at radius 2 is 2.10 bits per heavy atom. The van der Waals surface area contributed by atoms with E-state index in [1.54, 1.807) is 0 Å². The van der Waals surface area contributed by atoms with Crippen molar-refractivity contribution < 1.29 is 9.59 Å². The summed E-state index contributed by atoms with van der Waals surface area (Å²) in [6, 6.07) is 7.51. The quantitative estimate of drug-likeness (QED) is 0.880. The van der Waals surface area contributed by atoms with E-state index in [0.29, 0.717) is 0 Å². The van der Waals surface area contributed by atoms with Crippen LogP contribution in [-0.4, -0.2) is 30.4 Å². The molecule has 0 saturated heterocycles. The van der Waals surface area contributed by atoms with E-state index in [1.807, 2.05) is 45.0 Å². The monoisotopic (exact) mass is 275 g/mol. The minimum Gasteiger partial charge on any atom is -0.374 e. The van der Waals surface area contributed by atoms with Crippen molar-refractivity contribution in [2.24, 2.45) is 0 Å². The Morgan fingerprint density at radius 3 is 2.80 bits per heavy atom. The normalized spacial score (nSPS) is 14.6. The van der Waals surface area contributed by atoms with E-state index in [0.717, 1.165) is 17.8 Å². The Kier molecular flexibility index (Phi) is 3.97. The molecule has 108 valence electrons. The fourth-order valence-corrected chi connectivity index (χ4v) is 2.08. The summed E-state index contributed by atoms with van der Waals surface area (Å²) in [6.45, 7) is 6.24. The maximum absolute atomic E-state index is 12.1. The zero-order valence-corrected chi connectivity index (χ0v) is 12.2. The van der Waals surface area contributed by atoms with Crippen molar-refractivity contribution >= 4 is 23.2 Å². The summed E-state index contributed by atoms with van der Waals surface area (Å²) in [5.74, 6) is -0.227. The smallest absolute Gasteiger partial charge is 0.246 e. The molecular weight excluding hydrogens is 254 g/mol. The van der Waals surface area contributed by atoms with Crippen molar-refractivity contribution in [1.29, 1.82) is 0 Å². The van der Waals surface area contributed by atoms with Crippen LogP contribution in [0, 0.1) is 0 Å². The number of benzene rings is 1. The van der Waals surface area contributed by atoms with Crippen LogP contribution in [0.5, 0.6) is 0 Å². The van der Waals surface area contributed by atoms with Gasteiger partial charge in [0.1, 0.15) is 6.54 Å². The number of carbonyl (C=O) groups excluding carboxylic acids is 2. The summed E-state index contributed by atoms with van der Waals surface area (Å²) >= 11 is 0. The molecule has 0 aromatic heterocycles. The third kappa shape index (κ3) is 3.10. The summed E-state index contributed by atoms with van der Waals surface area (Å²) in [5.41, 5.74) is 1.39. The Labute approximate surface area is 119 Å². The lowest BCUT2D eigenvalue weighted by atomic mass is 10.0. The second-order valence-corrected chi connectivity index (χ2v) is 5.64. The fraction of sp³-hybridized carbons (Fsp3) is 0.467. The van der Waals surface area contributed by atoms with Gasteiger partial charge in [-0.05, 0) is 32.4 Å². The van der Waals surface area contributed by atoms with Gasteiger partial charge in [0.25, 0.3) is 0 Å². The molecule has 1 aromatic rings. The molecule has 5 heteroatoms. The average Bonchev–Trinajstić information content (AvgIpc) is 2.41. The number of nitrogens with one attached hydrogen (secondary N) is 2. The van der Waals surface area contributed by atoms with Gasteiger partial charge in [-0.2, -0.15) is 0 Å². The van der Waals surface area contributed by atoms with E-state index in [1.165, 1.54) is 4.90 Å². The van der Waals surface area contributed by atoms with Gasteiger partial charge in [-0.15, -0.1) is 0 Å². The highest BCUT2D eigenvalue weighted by molar-refractivity contribution is 6.05. The molecule has 2 rings (SSSR count). The molecule has 1 aliphatic rings. The number of rotatable bonds is 4. The molecule has 0 saturated carbocycles.